The Kier molecular flexibility index (Phi) is 11.2. The molecule has 1 aliphatic carbocycles. The molecule has 0 saturated heterocycles. The number of nitrogens with one attached hydrogen (secondary N) is 3. The van der Waals surface area contributed by atoms with Crippen molar-refractivity contribution in [3.05, 3.63) is 29.8 Å². The van der Waals surface area contributed by atoms with E-state index in [4.69, 9.17) is 4.74 Å². The smallest absolute Gasteiger partial charge is 0.240 e. The second kappa shape index (κ2) is 12.5. The maximum Gasteiger partial charge on any atom is 0.240 e. The fourth-order valence-electron chi connectivity index (χ4n) is 3.00. The highest BCUT2D eigenvalue weighted by molar-refractivity contribution is 14.0. The number of hydrogen-bond donors (Lipinski definition) is 3. The van der Waals surface area contributed by atoms with E-state index in [0.29, 0.717) is 19.2 Å². The van der Waals surface area contributed by atoms with Crippen LogP contribution in [-0.4, -0.2) is 47.7 Å². The third-order valence-corrected chi connectivity index (χ3v) is 5.90. The maximum absolute atomic E-state index is 12.3. The van der Waals surface area contributed by atoms with Crippen molar-refractivity contribution in [2.24, 2.45) is 4.99 Å². The minimum absolute atomic E-state index is 0. The highest BCUT2D eigenvalue weighted by Gasteiger charge is 2.15. The van der Waals surface area contributed by atoms with Gasteiger partial charge in [-0.3, -0.25) is 4.99 Å². The van der Waals surface area contributed by atoms with Crippen LogP contribution in [0.15, 0.2) is 34.2 Å². The largest absolute Gasteiger partial charge is 0.383 e. The van der Waals surface area contributed by atoms with Crippen LogP contribution < -0.4 is 15.4 Å². The van der Waals surface area contributed by atoms with Crippen LogP contribution in [0.2, 0.25) is 0 Å². The molecule has 0 bridgehead atoms. The number of benzene rings is 1. The normalized spacial score (nSPS) is 15.9. The van der Waals surface area contributed by atoms with Gasteiger partial charge in [-0.05, 0) is 30.5 Å². The average Bonchev–Trinajstić information content (AvgIpc) is 2.66. The number of nitrogens with zero attached hydrogens (tertiary/aromatic N) is 1. The fourth-order valence-corrected chi connectivity index (χ4v) is 4.09. The summed E-state index contributed by atoms with van der Waals surface area (Å²) >= 11 is 0. The number of guanidine groups is 1. The first-order valence-corrected chi connectivity index (χ1v) is 10.6. The van der Waals surface area contributed by atoms with Crippen molar-refractivity contribution in [1.82, 2.24) is 15.4 Å². The van der Waals surface area contributed by atoms with Gasteiger partial charge in [-0.25, -0.2) is 13.1 Å². The van der Waals surface area contributed by atoms with Gasteiger partial charge in [-0.15, -0.1) is 24.0 Å². The van der Waals surface area contributed by atoms with Crippen LogP contribution in [-0.2, 0) is 21.3 Å². The van der Waals surface area contributed by atoms with Crippen LogP contribution in [0.25, 0.3) is 0 Å². The first kappa shape index (κ1) is 24.1. The van der Waals surface area contributed by atoms with E-state index < -0.39 is 10.0 Å². The third kappa shape index (κ3) is 8.32. The Morgan fingerprint density at radius 3 is 2.67 bits per heavy atom. The number of methoxy groups -OCH3 is 1. The molecule has 1 aromatic carbocycles. The zero-order valence-corrected chi connectivity index (χ0v) is 19.2. The lowest BCUT2D eigenvalue weighted by molar-refractivity contribution is 0.204. The molecule has 0 amide bonds. The summed E-state index contributed by atoms with van der Waals surface area (Å²) in [4.78, 5) is 4.52. The minimum Gasteiger partial charge on any atom is -0.383 e. The van der Waals surface area contributed by atoms with Crippen LogP contribution >= 0.6 is 24.0 Å². The summed E-state index contributed by atoms with van der Waals surface area (Å²) in [5, 5.41) is 6.72. The maximum atomic E-state index is 12.3. The highest BCUT2D eigenvalue weighted by atomic mass is 127. The van der Waals surface area contributed by atoms with Crippen molar-refractivity contribution in [2.45, 2.75) is 49.6 Å². The number of halogens is 1. The van der Waals surface area contributed by atoms with Gasteiger partial charge in [0.15, 0.2) is 5.96 Å². The van der Waals surface area contributed by atoms with E-state index in [2.05, 4.69) is 20.3 Å². The lowest BCUT2D eigenvalue weighted by atomic mass is 9.96. The molecule has 2 rings (SSSR count). The second-order valence-corrected chi connectivity index (χ2v) is 8.21. The second-order valence-electron chi connectivity index (χ2n) is 6.44. The molecule has 0 heterocycles. The van der Waals surface area contributed by atoms with E-state index in [9.17, 15) is 8.42 Å². The highest BCUT2D eigenvalue weighted by Crippen LogP contribution is 2.17. The van der Waals surface area contributed by atoms with Gasteiger partial charge in [-0.1, -0.05) is 31.4 Å². The Labute approximate surface area is 179 Å². The van der Waals surface area contributed by atoms with Crippen LogP contribution in [0.5, 0.6) is 0 Å². The molecule has 0 spiro atoms. The number of aliphatic imine (C=N–C) groups is 1. The molecule has 1 aliphatic rings. The fraction of sp³-hybridized carbons (Fsp3) is 0.611. The Morgan fingerprint density at radius 1 is 1.26 bits per heavy atom. The molecule has 7 nitrogen and oxygen atoms in total. The van der Waals surface area contributed by atoms with Crippen molar-refractivity contribution in [3.63, 3.8) is 0 Å². The third-order valence-electron chi connectivity index (χ3n) is 4.44. The lowest BCUT2D eigenvalue weighted by Gasteiger charge is -2.24. The van der Waals surface area contributed by atoms with Gasteiger partial charge in [0.05, 0.1) is 11.5 Å². The van der Waals surface area contributed by atoms with Gasteiger partial charge in [0.1, 0.15) is 0 Å². The van der Waals surface area contributed by atoms with Crippen LogP contribution in [0, 0.1) is 0 Å². The first-order valence-electron chi connectivity index (χ1n) is 9.10. The Hall–Kier alpha value is -0.910. The molecule has 3 N–H and O–H groups in total. The van der Waals surface area contributed by atoms with Gasteiger partial charge in [0.25, 0.3) is 0 Å². The SMILES string of the molecule is CN=C(NCc1cccc(S(=O)(=O)NCCOC)c1)NC1CCCCC1.I. The zero-order chi connectivity index (χ0) is 18.8. The molecule has 1 aromatic rings. The predicted molar refractivity (Wildman–Crippen MR) is 119 cm³/mol. The topological polar surface area (TPSA) is 91.8 Å². The number of rotatable bonds is 8. The summed E-state index contributed by atoms with van der Waals surface area (Å²) in [5.41, 5.74) is 0.881. The van der Waals surface area contributed by atoms with Crippen molar-refractivity contribution < 1.29 is 13.2 Å². The van der Waals surface area contributed by atoms with Crippen LogP contribution in [0.4, 0.5) is 0 Å². The molecule has 27 heavy (non-hydrogen) atoms. The molecule has 0 aromatic heterocycles. The van der Waals surface area contributed by atoms with Crippen molar-refractivity contribution in [2.75, 3.05) is 27.3 Å². The molecular weight excluding hydrogens is 479 g/mol. The van der Waals surface area contributed by atoms with Crippen molar-refractivity contribution in [3.8, 4) is 0 Å². The van der Waals surface area contributed by atoms with E-state index in [1.807, 2.05) is 6.07 Å². The first-order chi connectivity index (χ1) is 12.5. The predicted octanol–water partition coefficient (Wildman–Crippen LogP) is 2.23. The zero-order valence-electron chi connectivity index (χ0n) is 16.0. The molecule has 1 fully saturated rings. The monoisotopic (exact) mass is 510 g/mol. The summed E-state index contributed by atoms with van der Waals surface area (Å²) in [6.45, 7) is 1.09. The average molecular weight is 510 g/mol. The van der Waals surface area contributed by atoms with Crippen LogP contribution in [0.3, 0.4) is 0 Å². The quantitative estimate of drug-likeness (QED) is 0.216. The molecule has 0 atom stereocenters. The van der Waals surface area contributed by atoms with E-state index in [0.717, 1.165) is 11.5 Å². The molecular formula is C18H31IN4O3S. The Balaban J connectivity index is 0.00000364. The van der Waals surface area contributed by atoms with Crippen molar-refractivity contribution in [1.29, 1.82) is 0 Å². The summed E-state index contributed by atoms with van der Waals surface area (Å²) in [6.07, 6.45) is 6.16. The summed E-state index contributed by atoms with van der Waals surface area (Å²) in [6, 6.07) is 7.38. The van der Waals surface area contributed by atoms with E-state index in [1.54, 1.807) is 25.2 Å². The summed E-state index contributed by atoms with van der Waals surface area (Å²) in [5.74, 6) is 0.753. The van der Waals surface area contributed by atoms with Crippen molar-refractivity contribution >= 4 is 40.0 Å². The molecule has 9 heteroatoms. The molecule has 0 aliphatic heterocycles. The van der Waals surface area contributed by atoms with Gasteiger partial charge >= 0.3 is 0 Å². The van der Waals surface area contributed by atoms with E-state index >= 15 is 0 Å². The van der Waals surface area contributed by atoms with E-state index in [1.165, 1.54) is 39.2 Å². The van der Waals surface area contributed by atoms with Gasteiger partial charge in [0, 0.05) is 33.3 Å². The number of ether oxygens (including phenoxy) is 1. The Bertz CT molecular complexity index is 692. The summed E-state index contributed by atoms with van der Waals surface area (Å²) in [7, 11) is -0.240. The Morgan fingerprint density at radius 2 is 2.00 bits per heavy atom. The van der Waals surface area contributed by atoms with E-state index in [-0.39, 0.29) is 35.4 Å². The molecule has 0 radical (unpaired) electrons. The van der Waals surface area contributed by atoms with Gasteiger partial charge < -0.3 is 15.4 Å². The van der Waals surface area contributed by atoms with Crippen LogP contribution in [0.1, 0.15) is 37.7 Å². The molecule has 154 valence electrons. The molecule has 1 saturated carbocycles. The number of sulfonamides is 1. The van der Waals surface area contributed by atoms with Gasteiger partial charge in [0.2, 0.25) is 10.0 Å². The lowest BCUT2D eigenvalue weighted by Crippen LogP contribution is -2.43. The van der Waals surface area contributed by atoms with Gasteiger partial charge in [-0.2, -0.15) is 0 Å². The minimum atomic E-state index is -3.53. The number of hydrogen-bond acceptors (Lipinski definition) is 4. The molecule has 0 unspecified atom stereocenters. The summed E-state index contributed by atoms with van der Waals surface area (Å²) < 4.78 is 32.0. The standard InChI is InChI=1S/C18H30N4O3S.HI/c1-19-18(22-16-8-4-3-5-9-16)20-14-15-7-6-10-17(13-15)26(23,24)21-11-12-25-2;/h6-7,10,13,16,21H,3-5,8-9,11-12,14H2,1-2H3,(H2,19,20,22);1H.